The van der Waals surface area contributed by atoms with E-state index in [0.717, 1.165) is 46.1 Å². The van der Waals surface area contributed by atoms with Gasteiger partial charge in [0, 0.05) is 36.0 Å². The summed E-state index contributed by atoms with van der Waals surface area (Å²) >= 11 is 7.75. The number of aromatic nitrogens is 2. The summed E-state index contributed by atoms with van der Waals surface area (Å²) in [5, 5.41) is 18.3. The number of benzene rings is 2. The Labute approximate surface area is 210 Å². The standard InChI is InChI=1S/C25H21ClN4O4S/c1-15-21(23(28-34-15)16-6-3-2-4-7-16)19-14-35-24(27-19)17-10-12-29(13-11-17)25(31)18-8-5-9-20(22(18)26)30(32)33/h2-9,14,17H,10-13H2,1H3. The van der Waals surface area contributed by atoms with Gasteiger partial charge in [0.1, 0.15) is 16.5 Å². The summed E-state index contributed by atoms with van der Waals surface area (Å²) in [4.78, 5) is 30.2. The number of nitro groups is 1. The maximum Gasteiger partial charge on any atom is 0.288 e. The van der Waals surface area contributed by atoms with Gasteiger partial charge in [0.05, 0.1) is 26.8 Å². The Morgan fingerprint density at radius 3 is 2.63 bits per heavy atom. The average molecular weight is 509 g/mol. The summed E-state index contributed by atoms with van der Waals surface area (Å²) < 4.78 is 5.49. The highest BCUT2D eigenvalue weighted by atomic mass is 35.5. The minimum atomic E-state index is -0.578. The largest absolute Gasteiger partial charge is 0.360 e. The lowest BCUT2D eigenvalue weighted by Gasteiger charge is -2.31. The Morgan fingerprint density at radius 1 is 1.17 bits per heavy atom. The van der Waals surface area contributed by atoms with Crippen molar-refractivity contribution in [2.24, 2.45) is 0 Å². The summed E-state index contributed by atoms with van der Waals surface area (Å²) in [7, 11) is 0. The molecule has 0 radical (unpaired) electrons. The van der Waals surface area contributed by atoms with E-state index in [-0.39, 0.29) is 28.1 Å². The third-order valence-corrected chi connectivity index (χ3v) is 7.63. The topological polar surface area (TPSA) is 102 Å². The van der Waals surface area contributed by atoms with Gasteiger partial charge in [0.25, 0.3) is 11.6 Å². The summed E-state index contributed by atoms with van der Waals surface area (Å²) in [6, 6.07) is 14.2. The Hall–Kier alpha value is -3.56. The second-order valence-electron chi connectivity index (χ2n) is 8.36. The molecule has 0 saturated carbocycles. The first-order valence-electron chi connectivity index (χ1n) is 11.1. The van der Waals surface area contributed by atoms with E-state index in [4.69, 9.17) is 21.1 Å². The summed E-state index contributed by atoms with van der Waals surface area (Å²) in [5.74, 6) is 0.651. The Balaban J connectivity index is 1.31. The normalized spacial score (nSPS) is 14.3. The molecule has 10 heteroatoms. The van der Waals surface area contributed by atoms with E-state index < -0.39 is 4.92 Å². The number of likely N-dealkylation sites (tertiary alicyclic amines) is 1. The first kappa shape index (κ1) is 23.2. The molecule has 1 fully saturated rings. The minimum Gasteiger partial charge on any atom is -0.360 e. The molecule has 2 aromatic carbocycles. The van der Waals surface area contributed by atoms with Crippen molar-refractivity contribution in [1.29, 1.82) is 0 Å². The summed E-state index contributed by atoms with van der Waals surface area (Å²) in [6.45, 7) is 2.94. The highest BCUT2D eigenvalue weighted by molar-refractivity contribution is 7.10. The molecular formula is C25H21ClN4O4S. The number of carbonyl (C=O) groups excluding carboxylic acids is 1. The molecule has 35 heavy (non-hydrogen) atoms. The third kappa shape index (κ3) is 4.44. The van der Waals surface area contributed by atoms with Gasteiger partial charge in [0.15, 0.2) is 0 Å². The molecule has 3 heterocycles. The van der Waals surface area contributed by atoms with Crippen molar-refractivity contribution < 1.29 is 14.2 Å². The van der Waals surface area contributed by atoms with Crippen LogP contribution in [0.3, 0.4) is 0 Å². The number of rotatable bonds is 5. The molecule has 0 aliphatic carbocycles. The van der Waals surface area contributed by atoms with E-state index in [9.17, 15) is 14.9 Å². The number of thiazole rings is 1. The van der Waals surface area contributed by atoms with Gasteiger partial charge in [-0.1, -0.05) is 53.2 Å². The second-order valence-corrected chi connectivity index (χ2v) is 9.63. The van der Waals surface area contributed by atoms with Gasteiger partial charge in [-0.2, -0.15) is 0 Å². The molecule has 1 aliphatic rings. The number of hydrogen-bond acceptors (Lipinski definition) is 7. The van der Waals surface area contributed by atoms with Crippen LogP contribution in [0.4, 0.5) is 5.69 Å². The maximum absolute atomic E-state index is 13.0. The third-order valence-electron chi connectivity index (χ3n) is 6.22. The maximum atomic E-state index is 13.0. The van der Waals surface area contributed by atoms with Gasteiger partial charge >= 0.3 is 0 Å². The molecule has 2 aromatic heterocycles. The van der Waals surface area contributed by atoms with Crippen molar-refractivity contribution in [2.45, 2.75) is 25.7 Å². The lowest BCUT2D eigenvalue weighted by molar-refractivity contribution is -0.384. The van der Waals surface area contributed by atoms with Crippen LogP contribution < -0.4 is 0 Å². The fourth-order valence-electron chi connectivity index (χ4n) is 4.38. The highest BCUT2D eigenvalue weighted by Gasteiger charge is 2.29. The zero-order valence-corrected chi connectivity index (χ0v) is 20.4. The average Bonchev–Trinajstić information content (AvgIpc) is 3.51. The first-order valence-corrected chi connectivity index (χ1v) is 12.4. The predicted molar refractivity (Wildman–Crippen MR) is 134 cm³/mol. The van der Waals surface area contributed by atoms with Crippen LogP contribution in [-0.2, 0) is 0 Å². The number of halogens is 1. The fraction of sp³-hybridized carbons (Fsp3) is 0.240. The van der Waals surface area contributed by atoms with Crippen LogP contribution in [0.25, 0.3) is 22.5 Å². The Morgan fingerprint density at radius 2 is 1.91 bits per heavy atom. The molecule has 1 aliphatic heterocycles. The van der Waals surface area contributed by atoms with E-state index in [0.29, 0.717) is 13.1 Å². The number of nitrogens with zero attached hydrogens (tertiary/aromatic N) is 4. The predicted octanol–water partition coefficient (Wildman–Crippen LogP) is 6.35. The van der Waals surface area contributed by atoms with Crippen molar-refractivity contribution in [3.05, 3.63) is 85.4 Å². The monoisotopic (exact) mass is 508 g/mol. The van der Waals surface area contributed by atoms with Crippen LogP contribution in [-0.4, -0.2) is 39.0 Å². The lowest BCUT2D eigenvalue weighted by Crippen LogP contribution is -2.38. The molecular weight excluding hydrogens is 488 g/mol. The molecule has 1 saturated heterocycles. The molecule has 0 spiro atoms. The smallest absolute Gasteiger partial charge is 0.288 e. The van der Waals surface area contributed by atoms with Gasteiger partial charge in [-0.3, -0.25) is 14.9 Å². The van der Waals surface area contributed by atoms with Crippen molar-refractivity contribution in [2.75, 3.05) is 13.1 Å². The first-order chi connectivity index (χ1) is 16.9. The van der Waals surface area contributed by atoms with Gasteiger partial charge in [-0.05, 0) is 25.8 Å². The number of amides is 1. The molecule has 0 unspecified atom stereocenters. The fourth-order valence-corrected chi connectivity index (χ4v) is 5.64. The minimum absolute atomic E-state index is 0.118. The van der Waals surface area contributed by atoms with Crippen LogP contribution in [0.5, 0.6) is 0 Å². The van der Waals surface area contributed by atoms with Crippen LogP contribution in [0, 0.1) is 17.0 Å². The van der Waals surface area contributed by atoms with Gasteiger partial charge in [0.2, 0.25) is 0 Å². The van der Waals surface area contributed by atoms with Crippen LogP contribution in [0.15, 0.2) is 58.4 Å². The molecule has 178 valence electrons. The van der Waals surface area contributed by atoms with E-state index >= 15 is 0 Å². The van der Waals surface area contributed by atoms with Crippen LogP contribution in [0.2, 0.25) is 5.02 Å². The lowest BCUT2D eigenvalue weighted by atomic mass is 9.96. The Bertz CT molecular complexity index is 1390. The second kappa shape index (κ2) is 9.59. The van der Waals surface area contributed by atoms with Crippen molar-refractivity contribution >= 4 is 34.5 Å². The quantitative estimate of drug-likeness (QED) is 0.230. The molecule has 0 bridgehead atoms. The van der Waals surface area contributed by atoms with Crippen molar-refractivity contribution in [3.63, 3.8) is 0 Å². The number of piperidine rings is 1. The van der Waals surface area contributed by atoms with Crippen molar-refractivity contribution in [1.82, 2.24) is 15.0 Å². The molecule has 1 amide bonds. The van der Waals surface area contributed by atoms with Gasteiger partial charge in [-0.15, -0.1) is 11.3 Å². The number of carbonyl (C=O) groups is 1. The Kier molecular flexibility index (Phi) is 6.36. The molecule has 4 aromatic rings. The summed E-state index contributed by atoms with van der Waals surface area (Å²) in [6.07, 6.45) is 1.50. The van der Waals surface area contributed by atoms with Gasteiger partial charge in [-0.25, -0.2) is 4.98 Å². The molecule has 0 atom stereocenters. The van der Waals surface area contributed by atoms with Crippen LogP contribution >= 0.6 is 22.9 Å². The van der Waals surface area contributed by atoms with Crippen molar-refractivity contribution in [3.8, 4) is 22.5 Å². The SMILES string of the molecule is Cc1onc(-c2ccccc2)c1-c1csc(C2CCN(C(=O)c3cccc([N+](=O)[O-])c3Cl)CC2)n1. The van der Waals surface area contributed by atoms with E-state index in [1.807, 2.05) is 42.6 Å². The molecule has 0 N–H and O–H groups in total. The number of nitro benzene ring substituents is 1. The van der Waals surface area contributed by atoms with E-state index in [1.54, 1.807) is 16.2 Å². The highest BCUT2D eigenvalue weighted by Crippen LogP contribution is 2.38. The number of aryl methyl sites for hydroxylation is 1. The van der Waals surface area contributed by atoms with E-state index in [2.05, 4.69) is 5.16 Å². The van der Waals surface area contributed by atoms with Gasteiger partial charge < -0.3 is 9.42 Å². The zero-order valence-electron chi connectivity index (χ0n) is 18.8. The molecule has 8 nitrogen and oxygen atoms in total. The number of hydrogen-bond donors (Lipinski definition) is 0. The molecule has 5 rings (SSSR count). The zero-order chi connectivity index (χ0) is 24.5. The van der Waals surface area contributed by atoms with E-state index in [1.165, 1.54) is 18.2 Å². The van der Waals surface area contributed by atoms with Crippen LogP contribution in [0.1, 0.15) is 39.9 Å². The summed E-state index contributed by atoms with van der Waals surface area (Å²) in [5.41, 5.74) is 3.37.